The van der Waals surface area contributed by atoms with Gasteiger partial charge >= 0.3 is 5.97 Å². The summed E-state index contributed by atoms with van der Waals surface area (Å²) < 4.78 is 5.42. The summed E-state index contributed by atoms with van der Waals surface area (Å²) in [6.07, 6.45) is 0. The van der Waals surface area contributed by atoms with Crippen LogP contribution < -0.4 is 10.2 Å². The van der Waals surface area contributed by atoms with E-state index in [0.29, 0.717) is 25.4 Å². The fraction of sp³-hybridized carbons (Fsp3) is 0.429. The molecule has 0 spiro atoms. The van der Waals surface area contributed by atoms with Crippen molar-refractivity contribution in [3.8, 4) is 0 Å². The second-order valence-electron chi connectivity index (χ2n) is 4.99. The number of nitrogens with one attached hydrogen (secondary N) is 1. The van der Waals surface area contributed by atoms with E-state index in [1.807, 2.05) is 13.0 Å². The maximum atomic E-state index is 12.3. The number of carboxylic acid groups (broad SMARTS) is 1. The second-order valence-corrected chi connectivity index (χ2v) is 4.99. The molecule has 2 aliphatic rings. The van der Waals surface area contributed by atoms with Crippen molar-refractivity contribution in [2.45, 2.75) is 13.0 Å². The van der Waals surface area contributed by atoms with Gasteiger partial charge in [0.1, 0.15) is 0 Å². The quantitative estimate of drug-likeness (QED) is 0.848. The summed E-state index contributed by atoms with van der Waals surface area (Å²) in [7, 11) is 0. The molecular formula is C14H16N2O4. The normalized spacial score (nSPS) is 24.6. The molecule has 0 aromatic heterocycles. The minimum absolute atomic E-state index is 0.0368. The van der Waals surface area contributed by atoms with Gasteiger partial charge in [-0.25, -0.2) is 4.79 Å². The van der Waals surface area contributed by atoms with Crippen LogP contribution in [-0.2, 0) is 9.53 Å². The summed E-state index contributed by atoms with van der Waals surface area (Å²) in [6.45, 7) is 3.55. The molecule has 20 heavy (non-hydrogen) atoms. The molecule has 2 atom stereocenters. The van der Waals surface area contributed by atoms with Crippen LogP contribution in [0.5, 0.6) is 0 Å². The first-order chi connectivity index (χ1) is 9.63. The van der Waals surface area contributed by atoms with E-state index in [9.17, 15) is 14.7 Å². The lowest BCUT2D eigenvalue weighted by Gasteiger charge is -2.30. The number of nitrogens with zero attached hydrogens (tertiary/aromatic N) is 1. The Bertz CT molecular complexity index is 572. The molecular weight excluding hydrogens is 260 g/mol. The molecule has 6 nitrogen and oxygen atoms in total. The molecule has 1 fully saturated rings. The standard InChI is InChI=1S/C14H16N2O4/c1-2-16-10-5-3-4-8(14(18)19)12(10)15-13(17)9-6-20-7-11(9)16/h3-5,9,11H,2,6-7H2,1H3,(H,15,17)(H,18,19). The van der Waals surface area contributed by atoms with Crippen LogP contribution in [0.2, 0.25) is 0 Å². The number of carbonyl (C=O) groups is 2. The fourth-order valence-electron chi connectivity index (χ4n) is 2.99. The van der Waals surface area contributed by atoms with Crippen molar-refractivity contribution < 1.29 is 19.4 Å². The van der Waals surface area contributed by atoms with Gasteiger partial charge in [-0.05, 0) is 19.1 Å². The third-order valence-corrected chi connectivity index (χ3v) is 3.96. The zero-order valence-corrected chi connectivity index (χ0v) is 11.1. The molecule has 1 amide bonds. The smallest absolute Gasteiger partial charge is 0.337 e. The number of ether oxygens (including phenoxy) is 1. The van der Waals surface area contributed by atoms with Gasteiger partial charge < -0.3 is 20.1 Å². The van der Waals surface area contributed by atoms with Gasteiger partial charge in [0.2, 0.25) is 5.91 Å². The van der Waals surface area contributed by atoms with Gasteiger partial charge in [-0.3, -0.25) is 4.79 Å². The fourth-order valence-corrected chi connectivity index (χ4v) is 2.99. The zero-order valence-electron chi connectivity index (χ0n) is 11.1. The monoisotopic (exact) mass is 276 g/mol. The number of fused-ring (bicyclic) bond motifs is 2. The topological polar surface area (TPSA) is 78.9 Å². The molecule has 0 radical (unpaired) electrons. The van der Waals surface area contributed by atoms with Crippen LogP contribution in [0.25, 0.3) is 0 Å². The van der Waals surface area contributed by atoms with Gasteiger partial charge in [0, 0.05) is 6.54 Å². The molecule has 2 N–H and O–H groups in total. The van der Waals surface area contributed by atoms with Crippen molar-refractivity contribution in [2.75, 3.05) is 30.0 Å². The van der Waals surface area contributed by atoms with Crippen LogP contribution in [-0.4, -0.2) is 42.8 Å². The Morgan fingerprint density at radius 2 is 2.30 bits per heavy atom. The molecule has 106 valence electrons. The van der Waals surface area contributed by atoms with E-state index in [2.05, 4.69) is 10.2 Å². The Labute approximate surface area is 116 Å². The Morgan fingerprint density at radius 1 is 1.50 bits per heavy atom. The zero-order chi connectivity index (χ0) is 14.3. The summed E-state index contributed by atoms with van der Waals surface area (Å²) in [4.78, 5) is 25.7. The lowest BCUT2D eigenvalue weighted by Crippen LogP contribution is -2.42. The maximum absolute atomic E-state index is 12.3. The first kappa shape index (κ1) is 12.9. The highest BCUT2D eigenvalue weighted by molar-refractivity contribution is 6.06. The molecule has 2 heterocycles. The number of benzene rings is 1. The van der Waals surface area contributed by atoms with E-state index in [1.165, 1.54) is 6.07 Å². The average molecular weight is 276 g/mol. The van der Waals surface area contributed by atoms with Crippen LogP contribution >= 0.6 is 0 Å². The number of hydrogen-bond acceptors (Lipinski definition) is 4. The molecule has 3 rings (SSSR count). The first-order valence-corrected chi connectivity index (χ1v) is 6.65. The number of hydrogen-bond donors (Lipinski definition) is 2. The summed E-state index contributed by atoms with van der Waals surface area (Å²) >= 11 is 0. The average Bonchev–Trinajstić information content (AvgIpc) is 2.86. The molecule has 2 aliphatic heterocycles. The van der Waals surface area contributed by atoms with Crippen molar-refractivity contribution in [3.63, 3.8) is 0 Å². The van der Waals surface area contributed by atoms with E-state index in [4.69, 9.17) is 4.74 Å². The third-order valence-electron chi connectivity index (χ3n) is 3.96. The number of carboxylic acids is 1. The van der Waals surface area contributed by atoms with Gasteiger partial charge in [-0.2, -0.15) is 0 Å². The largest absolute Gasteiger partial charge is 0.478 e. The number of amides is 1. The number of carbonyl (C=O) groups excluding carboxylic acids is 1. The van der Waals surface area contributed by atoms with E-state index < -0.39 is 5.97 Å². The molecule has 1 saturated heterocycles. The SMILES string of the molecule is CCN1c2cccc(C(=O)O)c2NC(=O)C2COCC21. The van der Waals surface area contributed by atoms with Crippen LogP contribution in [0, 0.1) is 5.92 Å². The third kappa shape index (κ3) is 1.84. The van der Waals surface area contributed by atoms with Gasteiger partial charge in [-0.1, -0.05) is 6.07 Å². The number of anilines is 2. The first-order valence-electron chi connectivity index (χ1n) is 6.65. The van der Waals surface area contributed by atoms with Gasteiger partial charge in [0.25, 0.3) is 0 Å². The van der Waals surface area contributed by atoms with Crippen molar-refractivity contribution in [1.29, 1.82) is 0 Å². The summed E-state index contributed by atoms with van der Waals surface area (Å²) in [6, 6.07) is 5.01. The minimum Gasteiger partial charge on any atom is -0.478 e. The lowest BCUT2D eigenvalue weighted by atomic mass is 10.0. The maximum Gasteiger partial charge on any atom is 0.337 e. The highest BCUT2D eigenvalue weighted by Crippen LogP contribution is 2.37. The lowest BCUT2D eigenvalue weighted by molar-refractivity contribution is -0.120. The van der Waals surface area contributed by atoms with Gasteiger partial charge in [-0.15, -0.1) is 0 Å². The van der Waals surface area contributed by atoms with Gasteiger partial charge in [0.05, 0.1) is 42.1 Å². The van der Waals surface area contributed by atoms with Crippen molar-refractivity contribution in [3.05, 3.63) is 23.8 Å². The van der Waals surface area contributed by atoms with Gasteiger partial charge in [0.15, 0.2) is 0 Å². The number of aromatic carboxylic acids is 1. The molecule has 0 aliphatic carbocycles. The minimum atomic E-state index is -1.04. The predicted octanol–water partition coefficient (Wildman–Crippen LogP) is 1.18. The summed E-state index contributed by atoms with van der Waals surface area (Å²) in [5.74, 6) is -1.47. The molecule has 1 aromatic carbocycles. The van der Waals surface area contributed by atoms with E-state index in [-0.39, 0.29) is 23.4 Å². The van der Waals surface area contributed by atoms with Crippen LogP contribution in [0.15, 0.2) is 18.2 Å². The second kappa shape index (κ2) is 4.79. The number of rotatable bonds is 2. The molecule has 6 heteroatoms. The molecule has 0 bridgehead atoms. The van der Waals surface area contributed by atoms with Crippen LogP contribution in [0.1, 0.15) is 17.3 Å². The van der Waals surface area contributed by atoms with Crippen molar-refractivity contribution >= 4 is 23.3 Å². The van der Waals surface area contributed by atoms with Crippen molar-refractivity contribution in [1.82, 2.24) is 0 Å². The molecule has 1 aromatic rings. The van der Waals surface area contributed by atoms with Crippen LogP contribution in [0.4, 0.5) is 11.4 Å². The molecule has 0 saturated carbocycles. The Balaban J connectivity index is 2.16. The van der Waals surface area contributed by atoms with Crippen LogP contribution in [0.3, 0.4) is 0 Å². The Morgan fingerprint density at radius 3 is 3.00 bits per heavy atom. The van der Waals surface area contributed by atoms with E-state index in [0.717, 1.165) is 5.69 Å². The highest BCUT2D eigenvalue weighted by atomic mass is 16.5. The Kier molecular flexibility index (Phi) is 3.10. The van der Waals surface area contributed by atoms with Crippen molar-refractivity contribution in [2.24, 2.45) is 5.92 Å². The highest BCUT2D eigenvalue weighted by Gasteiger charge is 2.41. The van der Waals surface area contributed by atoms with E-state index >= 15 is 0 Å². The predicted molar refractivity (Wildman–Crippen MR) is 73.1 cm³/mol. The molecule has 2 unspecified atom stereocenters. The summed E-state index contributed by atoms with van der Waals surface area (Å²) in [5.41, 5.74) is 1.26. The number of para-hydroxylation sites is 1. The number of likely N-dealkylation sites (N-methyl/N-ethyl adjacent to an activating group) is 1. The summed E-state index contributed by atoms with van der Waals surface area (Å²) in [5, 5.41) is 12.1. The van der Waals surface area contributed by atoms with E-state index in [1.54, 1.807) is 6.07 Å². The Hall–Kier alpha value is -2.08.